The highest BCUT2D eigenvalue weighted by molar-refractivity contribution is 14.0. The smallest absolute Gasteiger partial charge is 0.139 e. The number of fused-ring (bicyclic) bond motifs is 2. The van der Waals surface area contributed by atoms with E-state index in [9.17, 15) is 8.78 Å². The van der Waals surface area contributed by atoms with Gasteiger partial charge in [-0.15, -0.1) is 24.0 Å². The molecule has 0 fully saturated rings. The molecule has 0 heterocycles. The highest BCUT2D eigenvalue weighted by Gasteiger charge is 2.12. The predicted octanol–water partition coefficient (Wildman–Crippen LogP) is 4.89. The first-order valence-corrected chi connectivity index (χ1v) is 5.03. The van der Waals surface area contributed by atoms with Crippen molar-refractivity contribution in [3.8, 4) is 0 Å². The average molecular weight is 342 g/mol. The summed E-state index contributed by atoms with van der Waals surface area (Å²) < 4.78 is 28.2. The first-order chi connectivity index (χ1) is 7.79. The van der Waals surface area contributed by atoms with E-state index in [-0.39, 0.29) is 35.6 Å². The first kappa shape index (κ1) is 12.2. The fourth-order valence-corrected chi connectivity index (χ4v) is 2.02. The molecule has 3 aromatic rings. The Hall–Kier alpha value is -1.23. The van der Waals surface area contributed by atoms with Gasteiger partial charge >= 0.3 is 0 Å². The molecule has 0 amide bonds. The molecule has 3 aromatic carbocycles. The lowest BCUT2D eigenvalue weighted by Crippen LogP contribution is -1.88. The summed E-state index contributed by atoms with van der Waals surface area (Å²) in [4.78, 5) is 0. The number of benzene rings is 3. The van der Waals surface area contributed by atoms with Crippen LogP contribution in [-0.2, 0) is 0 Å². The van der Waals surface area contributed by atoms with Crippen LogP contribution in [0.4, 0.5) is 8.78 Å². The van der Waals surface area contributed by atoms with Gasteiger partial charge in [0.1, 0.15) is 11.6 Å². The van der Waals surface area contributed by atoms with Crippen LogP contribution in [0.15, 0.2) is 48.5 Å². The molecule has 0 saturated heterocycles. The van der Waals surface area contributed by atoms with Gasteiger partial charge in [0.2, 0.25) is 0 Å². The zero-order valence-corrected chi connectivity index (χ0v) is 11.1. The molecule has 0 nitrogen and oxygen atoms in total. The quantitative estimate of drug-likeness (QED) is 0.403. The predicted molar refractivity (Wildman–Crippen MR) is 76.8 cm³/mol. The lowest BCUT2D eigenvalue weighted by atomic mass is 10.0. The highest BCUT2D eigenvalue weighted by Crippen LogP contribution is 2.30. The number of hydrogen-bond acceptors (Lipinski definition) is 0. The minimum atomic E-state index is -0.354. The fourth-order valence-electron chi connectivity index (χ4n) is 2.02. The van der Waals surface area contributed by atoms with Gasteiger partial charge in [0.25, 0.3) is 0 Å². The normalized spacial score (nSPS) is 10.5. The van der Waals surface area contributed by atoms with E-state index in [0.29, 0.717) is 21.5 Å². The lowest BCUT2D eigenvalue weighted by molar-refractivity contribution is 0.635. The molecule has 0 unspecified atom stereocenters. The minimum absolute atomic E-state index is 0. The van der Waals surface area contributed by atoms with E-state index in [0.717, 1.165) is 0 Å². The van der Waals surface area contributed by atoms with Gasteiger partial charge in [0.15, 0.2) is 0 Å². The topological polar surface area (TPSA) is 0 Å². The minimum Gasteiger partial charge on any atom is -0.206 e. The van der Waals surface area contributed by atoms with Crippen LogP contribution in [-0.4, -0.2) is 0 Å². The molecule has 0 aliphatic rings. The Labute approximate surface area is 114 Å². The van der Waals surface area contributed by atoms with Gasteiger partial charge in [-0.25, -0.2) is 8.78 Å². The Morgan fingerprint density at radius 2 is 0.765 bits per heavy atom. The first-order valence-electron chi connectivity index (χ1n) is 5.03. The zero-order valence-electron chi connectivity index (χ0n) is 8.78. The molecule has 0 atom stereocenters. The molecule has 3 heteroatoms. The van der Waals surface area contributed by atoms with Crippen LogP contribution < -0.4 is 0 Å². The Morgan fingerprint density at radius 3 is 1.00 bits per heavy atom. The average Bonchev–Trinajstić information content (AvgIpc) is 2.36. The van der Waals surface area contributed by atoms with Crippen molar-refractivity contribution in [1.82, 2.24) is 0 Å². The van der Waals surface area contributed by atoms with Gasteiger partial charge < -0.3 is 0 Å². The van der Waals surface area contributed by atoms with E-state index in [4.69, 9.17) is 0 Å². The SMILES string of the molecule is Fc1c2ccccc2c(F)c2ccccc12.I. The van der Waals surface area contributed by atoms with Gasteiger partial charge in [-0.05, 0) is 0 Å². The third-order valence-electron chi connectivity index (χ3n) is 2.80. The lowest BCUT2D eigenvalue weighted by Gasteiger charge is -2.06. The zero-order chi connectivity index (χ0) is 11.1. The van der Waals surface area contributed by atoms with Crippen LogP contribution in [0.3, 0.4) is 0 Å². The van der Waals surface area contributed by atoms with Crippen molar-refractivity contribution in [2.24, 2.45) is 0 Å². The molecule has 17 heavy (non-hydrogen) atoms. The summed E-state index contributed by atoms with van der Waals surface area (Å²) in [6.45, 7) is 0. The Balaban J connectivity index is 0.00000108. The maximum atomic E-state index is 14.1. The Kier molecular flexibility index (Phi) is 3.28. The van der Waals surface area contributed by atoms with Crippen molar-refractivity contribution in [2.45, 2.75) is 0 Å². The van der Waals surface area contributed by atoms with Crippen molar-refractivity contribution in [3.05, 3.63) is 60.2 Å². The molecule has 0 saturated carbocycles. The molecule has 0 bridgehead atoms. The summed E-state index contributed by atoms with van der Waals surface area (Å²) in [6, 6.07) is 13.2. The Morgan fingerprint density at radius 1 is 0.529 bits per heavy atom. The van der Waals surface area contributed by atoms with Crippen LogP contribution in [0.5, 0.6) is 0 Å². The second kappa shape index (κ2) is 4.56. The summed E-state index contributed by atoms with van der Waals surface area (Å²) in [7, 11) is 0. The largest absolute Gasteiger partial charge is 0.206 e. The third-order valence-corrected chi connectivity index (χ3v) is 2.80. The van der Waals surface area contributed by atoms with Crippen LogP contribution in [0.1, 0.15) is 0 Å². The number of rotatable bonds is 0. The third kappa shape index (κ3) is 1.78. The maximum absolute atomic E-state index is 14.1. The van der Waals surface area contributed by atoms with E-state index in [1.807, 2.05) is 0 Å². The van der Waals surface area contributed by atoms with Crippen LogP contribution in [0, 0.1) is 11.6 Å². The summed E-state index contributed by atoms with van der Waals surface area (Å²) in [5.41, 5.74) is 0. The van der Waals surface area contributed by atoms with Crippen molar-refractivity contribution in [2.75, 3.05) is 0 Å². The summed E-state index contributed by atoms with van der Waals surface area (Å²) in [5, 5.41) is 1.33. The van der Waals surface area contributed by atoms with E-state index in [1.54, 1.807) is 48.5 Å². The summed E-state index contributed by atoms with van der Waals surface area (Å²) in [5.74, 6) is -0.708. The van der Waals surface area contributed by atoms with E-state index in [1.165, 1.54) is 0 Å². The molecule has 0 aliphatic heterocycles. The maximum Gasteiger partial charge on any atom is 0.139 e. The number of hydrogen-bond donors (Lipinski definition) is 0. The van der Waals surface area contributed by atoms with Crippen molar-refractivity contribution >= 4 is 45.5 Å². The summed E-state index contributed by atoms with van der Waals surface area (Å²) >= 11 is 0. The van der Waals surface area contributed by atoms with E-state index >= 15 is 0 Å². The van der Waals surface area contributed by atoms with Gasteiger partial charge in [0, 0.05) is 21.5 Å². The molecule has 3 rings (SSSR count). The Bertz CT molecular complexity index is 575. The highest BCUT2D eigenvalue weighted by atomic mass is 127. The van der Waals surface area contributed by atoms with Crippen molar-refractivity contribution < 1.29 is 8.78 Å². The molecule has 0 spiro atoms. The van der Waals surface area contributed by atoms with Crippen molar-refractivity contribution in [1.29, 1.82) is 0 Å². The monoisotopic (exact) mass is 342 g/mol. The fraction of sp³-hybridized carbons (Fsp3) is 0. The second-order valence-corrected chi connectivity index (χ2v) is 3.72. The summed E-state index contributed by atoms with van der Waals surface area (Å²) in [6.07, 6.45) is 0. The molecule has 0 N–H and O–H groups in total. The second-order valence-electron chi connectivity index (χ2n) is 3.72. The molecule has 0 aliphatic carbocycles. The molecule has 0 radical (unpaired) electrons. The number of halogens is 3. The van der Waals surface area contributed by atoms with Gasteiger partial charge in [-0.2, -0.15) is 0 Å². The molecular weight excluding hydrogens is 333 g/mol. The van der Waals surface area contributed by atoms with E-state index in [2.05, 4.69) is 0 Å². The standard InChI is InChI=1S/C14H8F2.HI/c15-13-9-5-1-2-6-10(9)14(16)12-8-4-3-7-11(12)13;/h1-8H;1H. The van der Waals surface area contributed by atoms with E-state index < -0.39 is 0 Å². The molecule has 0 aromatic heterocycles. The van der Waals surface area contributed by atoms with Crippen LogP contribution in [0.25, 0.3) is 21.5 Å². The van der Waals surface area contributed by atoms with Gasteiger partial charge in [-0.3, -0.25) is 0 Å². The van der Waals surface area contributed by atoms with Crippen LogP contribution >= 0.6 is 24.0 Å². The molecular formula is C14H9F2I. The van der Waals surface area contributed by atoms with Crippen molar-refractivity contribution in [3.63, 3.8) is 0 Å². The van der Waals surface area contributed by atoms with Gasteiger partial charge in [0.05, 0.1) is 0 Å². The van der Waals surface area contributed by atoms with Crippen LogP contribution in [0.2, 0.25) is 0 Å². The van der Waals surface area contributed by atoms with Gasteiger partial charge in [-0.1, -0.05) is 48.5 Å². The molecule has 86 valence electrons.